The smallest absolute Gasteiger partial charge is 0.129 e. The Bertz CT molecular complexity index is 321. The Morgan fingerprint density at radius 3 is 2.33 bits per heavy atom. The van der Waals surface area contributed by atoms with Crippen LogP contribution in [0.1, 0.15) is 5.56 Å². The van der Waals surface area contributed by atoms with Crippen molar-refractivity contribution in [2.24, 2.45) is 0 Å². The third-order valence-corrected chi connectivity index (χ3v) is 2.72. The lowest BCUT2D eigenvalue weighted by atomic mass is 10.1. The minimum atomic E-state index is 0. The summed E-state index contributed by atoms with van der Waals surface area (Å²) >= 11 is 3.31. The van der Waals surface area contributed by atoms with E-state index in [4.69, 9.17) is 0 Å². The molecule has 1 rings (SSSR count). The zero-order valence-corrected chi connectivity index (χ0v) is 11.0. The Balaban J connectivity index is 0.00000196. The summed E-state index contributed by atoms with van der Waals surface area (Å²) in [6, 6.07) is 5.68. The van der Waals surface area contributed by atoms with E-state index in [2.05, 4.69) is 37.1 Å². The Kier molecular flexibility index (Phi) is 5.28. The molecule has 15 heavy (non-hydrogen) atoms. The van der Waals surface area contributed by atoms with E-state index >= 15 is 0 Å². The lowest BCUT2D eigenvalue weighted by Crippen LogP contribution is -2.36. The van der Waals surface area contributed by atoms with Gasteiger partial charge in [-0.3, -0.25) is 0 Å². The number of phenols is 1. The molecular weight excluding hydrogens is 258 g/mol. The van der Waals surface area contributed by atoms with Gasteiger partial charge in [-0.15, -0.1) is 0 Å². The van der Waals surface area contributed by atoms with Crippen LogP contribution < -0.4 is 0 Å². The number of halogens is 1. The van der Waals surface area contributed by atoms with Gasteiger partial charge in [-0.05, 0) is 33.6 Å². The molecule has 0 heterocycles. The van der Waals surface area contributed by atoms with E-state index in [0.717, 1.165) is 21.9 Å². The molecule has 2 N–H and O–H groups in total. The van der Waals surface area contributed by atoms with Gasteiger partial charge in [0.05, 0.1) is 32.2 Å². The molecule has 1 aromatic carbocycles. The van der Waals surface area contributed by atoms with Crippen LogP contribution in [0.3, 0.4) is 0 Å². The van der Waals surface area contributed by atoms with E-state index in [-0.39, 0.29) is 5.48 Å². The molecule has 0 unspecified atom stereocenters. The standard InChI is InChI=1S/C11H16BrNO.H2O/c1-13(2,3)7-6-9-4-5-11(14)10(12)8-9;/h4-5,8H,6-7H2,1-3H3;1H2. The minimum Gasteiger partial charge on any atom is -0.870 e. The molecule has 0 fully saturated rings. The average molecular weight is 276 g/mol. The number of hydrogen-bond acceptors (Lipinski definition) is 2. The molecule has 0 aliphatic heterocycles. The van der Waals surface area contributed by atoms with Gasteiger partial charge in [-0.1, -0.05) is 6.07 Å². The van der Waals surface area contributed by atoms with Crippen molar-refractivity contribution in [1.82, 2.24) is 0 Å². The van der Waals surface area contributed by atoms with Crippen molar-refractivity contribution in [3.63, 3.8) is 0 Å². The fourth-order valence-corrected chi connectivity index (χ4v) is 1.60. The molecule has 0 aliphatic carbocycles. The van der Waals surface area contributed by atoms with Gasteiger partial charge in [0, 0.05) is 6.42 Å². The Hall–Kier alpha value is -0.580. The molecule has 0 radical (unpaired) electrons. The van der Waals surface area contributed by atoms with Crippen LogP contribution in [0.5, 0.6) is 5.75 Å². The van der Waals surface area contributed by atoms with Gasteiger partial charge in [0.1, 0.15) is 5.75 Å². The van der Waals surface area contributed by atoms with Crippen LogP contribution in [-0.4, -0.2) is 42.8 Å². The highest BCUT2D eigenvalue weighted by Gasteiger charge is 2.07. The van der Waals surface area contributed by atoms with Crippen LogP contribution in [0.25, 0.3) is 0 Å². The SMILES string of the molecule is C[N+](C)(C)CCc1ccc(O)c(Br)c1.[OH-]. The predicted octanol–water partition coefficient (Wildman–Crippen LogP) is 2.23. The zero-order valence-electron chi connectivity index (χ0n) is 9.37. The third kappa shape index (κ3) is 5.16. The van der Waals surface area contributed by atoms with Crippen LogP contribution in [0.4, 0.5) is 0 Å². The first-order chi connectivity index (χ1) is 6.38. The van der Waals surface area contributed by atoms with Crippen LogP contribution in [0.15, 0.2) is 22.7 Å². The molecule has 0 aliphatic rings. The molecule has 0 saturated carbocycles. The van der Waals surface area contributed by atoms with Crippen molar-refractivity contribution in [2.75, 3.05) is 27.7 Å². The molecule has 0 amide bonds. The molecule has 0 bridgehead atoms. The maximum atomic E-state index is 9.32. The van der Waals surface area contributed by atoms with Gasteiger partial charge in [0.15, 0.2) is 0 Å². The lowest BCUT2D eigenvalue weighted by Gasteiger charge is -2.23. The Labute approximate surface area is 99.4 Å². The van der Waals surface area contributed by atoms with Crippen molar-refractivity contribution in [3.8, 4) is 5.75 Å². The summed E-state index contributed by atoms with van der Waals surface area (Å²) in [4.78, 5) is 0. The first kappa shape index (κ1) is 14.4. The fourth-order valence-electron chi connectivity index (χ4n) is 1.17. The largest absolute Gasteiger partial charge is 0.870 e. The molecule has 3 nitrogen and oxygen atoms in total. The van der Waals surface area contributed by atoms with Crippen molar-refractivity contribution >= 4 is 15.9 Å². The summed E-state index contributed by atoms with van der Waals surface area (Å²) in [5.41, 5.74) is 1.25. The van der Waals surface area contributed by atoms with Crippen LogP contribution in [0, 0.1) is 0 Å². The monoisotopic (exact) mass is 275 g/mol. The van der Waals surface area contributed by atoms with Crippen molar-refractivity contribution in [1.29, 1.82) is 0 Å². The van der Waals surface area contributed by atoms with E-state index in [1.54, 1.807) is 6.07 Å². The molecule has 4 heteroatoms. The van der Waals surface area contributed by atoms with Gasteiger partial charge >= 0.3 is 0 Å². The summed E-state index contributed by atoms with van der Waals surface area (Å²) in [7, 11) is 6.53. The van der Waals surface area contributed by atoms with Gasteiger partial charge in [0.2, 0.25) is 0 Å². The fraction of sp³-hybridized carbons (Fsp3) is 0.455. The maximum Gasteiger partial charge on any atom is 0.129 e. The summed E-state index contributed by atoms with van der Waals surface area (Å²) in [5.74, 6) is 0.305. The highest BCUT2D eigenvalue weighted by atomic mass is 79.9. The number of likely N-dealkylation sites (N-methyl/N-ethyl adjacent to an activating group) is 1. The topological polar surface area (TPSA) is 50.2 Å². The number of hydrogen-bond donors (Lipinski definition) is 1. The number of aromatic hydroxyl groups is 1. The summed E-state index contributed by atoms with van der Waals surface area (Å²) in [6.45, 7) is 1.09. The average Bonchev–Trinajstić information content (AvgIpc) is 2.06. The quantitative estimate of drug-likeness (QED) is 0.861. The van der Waals surface area contributed by atoms with E-state index in [1.165, 1.54) is 5.56 Å². The second-order valence-electron chi connectivity index (χ2n) is 4.55. The Morgan fingerprint density at radius 2 is 1.87 bits per heavy atom. The number of benzene rings is 1. The molecule has 1 aromatic rings. The van der Waals surface area contributed by atoms with E-state index in [9.17, 15) is 5.11 Å². The lowest BCUT2D eigenvalue weighted by molar-refractivity contribution is -0.870. The highest BCUT2D eigenvalue weighted by molar-refractivity contribution is 9.10. The van der Waals surface area contributed by atoms with Gasteiger partial charge < -0.3 is 15.1 Å². The van der Waals surface area contributed by atoms with Crippen LogP contribution in [0.2, 0.25) is 0 Å². The normalized spacial score (nSPS) is 10.9. The molecule has 86 valence electrons. The van der Waals surface area contributed by atoms with Crippen molar-refractivity contribution in [3.05, 3.63) is 28.2 Å². The third-order valence-electron chi connectivity index (χ3n) is 2.08. The second-order valence-corrected chi connectivity index (χ2v) is 5.40. The summed E-state index contributed by atoms with van der Waals surface area (Å²) in [6.07, 6.45) is 1.03. The van der Waals surface area contributed by atoms with Crippen LogP contribution in [-0.2, 0) is 6.42 Å². The summed E-state index contributed by atoms with van der Waals surface area (Å²) < 4.78 is 1.73. The molecular formula is C11H18BrNO2. The van der Waals surface area contributed by atoms with Gasteiger partial charge in [0.25, 0.3) is 0 Å². The van der Waals surface area contributed by atoms with Gasteiger partial charge in [-0.25, -0.2) is 0 Å². The first-order valence-electron chi connectivity index (χ1n) is 4.66. The molecule has 0 saturated heterocycles. The molecule has 0 atom stereocenters. The molecule has 0 aromatic heterocycles. The number of quaternary nitrogens is 1. The van der Waals surface area contributed by atoms with E-state index < -0.39 is 0 Å². The van der Waals surface area contributed by atoms with E-state index in [0.29, 0.717) is 5.75 Å². The van der Waals surface area contributed by atoms with Crippen molar-refractivity contribution in [2.45, 2.75) is 6.42 Å². The van der Waals surface area contributed by atoms with E-state index in [1.807, 2.05) is 12.1 Å². The first-order valence-corrected chi connectivity index (χ1v) is 5.46. The predicted molar refractivity (Wildman–Crippen MR) is 64.3 cm³/mol. The Morgan fingerprint density at radius 1 is 1.27 bits per heavy atom. The molecule has 0 spiro atoms. The number of rotatable bonds is 3. The minimum absolute atomic E-state index is 0. The zero-order chi connectivity index (χ0) is 10.8. The maximum absolute atomic E-state index is 9.32. The number of nitrogens with zero attached hydrogens (tertiary/aromatic N) is 1. The highest BCUT2D eigenvalue weighted by Crippen LogP contribution is 2.24. The summed E-state index contributed by atoms with van der Waals surface area (Å²) in [5, 5.41) is 9.32. The second kappa shape index (κ2) is 5.49. The van der Waals surface area contributed by atoms with Gasteiger partial charge in [-0.2, -0.15) is 0 Å². The van der Waals surface area contributed by atoms with Crippen molar-refractivity contribution < 1.29 is 15.1 Å². The number of phenolic OH excluding ortho intramolecular Hbond substituents is 1. The van der Waals surface area contributed by atoms with Crippen LogP contribution >= 0.6 is 15.9 Å².